The molecule has 2 aliphatic rings. The van der Waals surface area contributed by atoms with Crippen molar-refractivity contribution in [3.63, 3.8) is 0 Å². The van der Waals surface area contributed by atoms with Crippen molar-refractivity contribution in [2.45, 2.75) is 13.8 Å². The Morgan fingerprint density at radius 2 is 1.80 bits per heavy atom. The van der Waals surface area contributed by atoms with Gasteiger partial charge in [0, 0.05) is 0 Å². The molecule has 2 atom stereocenters. The predicted octanol–water partition coefficient (Wildman–Crippen LogP) is 2.61. The van der Waals surface area contributed by atoms with Gasteiger partial charge in [-0.25, -0.2) is 4.39 Å². The van der Waals surface area contributed by atoms with E-state index in [2.05, 4.69) is 12.2 Å². The number of benzene rings is 1. The highest BCUT2D eigenvalue weighted by Crippen LogP contribution is 2.47. The van der Waals surface area contributed by atoms with Gasteiger partial charge in [-0.05, 0) is 49.4 Å². The Bertz CT molecular complexity index is 306. The summed E-state index contributed by atoms with van der Waals surface area (Å²) < 4.78 is 12.3. The van der Waals surface area contributed by atoms with Gasteiger partial charge in [0.25, 0.3) is 0 Å². The van der Waals surface area contributed by atoms with Crippen LogP contribution in [0.25, 0.3) is 0 Å². The minimum absolute atomic E-state index is 0.132. The Hall–Kier alpha value is -0.890. The summed E-state index contributed by atoms with van der Waals surface area (Å²) in [5.41, 5.74) is 0.701. The van der Waals surface area contributed by atoms with Crippen molar-refractivity contribution in [2.24, 2.45) is 17.8 Å². The highest BCUT2D eigenvalue weighted by Gasteiger charge is 2.49. The molecule has 0 bridgehead atoms. The van der Waals surface area contributed by atoms with E-state index in [-0.39, 0.29) is 5.82 Å². The zero-order valence-electron chi connectivity index (χ0n) is 9.33. The lowest BCUT2D eigenvalue weighted by Crippen LogP contribution is -2.13. The molecule has 2 heteroatoms. The lowest BCUT2D eigenvalue weighted by atomic mass is 10.2. The molecule has 1 aliphatic heterocycles. The average molecular weight is 207 g/mol. The molecule has 1 saturated heterocycles. The van der Waals surface area contributed by atoms with Crippen LogP contribution in [0.4, 0.5) is 4.39 Å². The molecule has 1 heterocycles. The summed E-state index contributed by atoms with van der Waals surface area (Å²) in [6, 6.07) is 6.70. The molecule has 1 N–H and O–H groups in total. The molecule has 0 aromatic heterocycles. The van der Waals surface area contributed by atoms with Crippen LogP contribution in [-0.2, 0) is 0 Å². The van der Waals surface area contributed by atoms with Gasteiger partial charge >= 0.3 is 0 Å². The molecular formula is C13H18FN. The number of hydrogen-bond acceptors (Lipinski definition) is 1. The lowest BCUT2D eigenvalue weighted by molar-refractivity contribution is 0.618. The molecule has 0 amide bonds. The van der Waals surface area contributed by atoms with Gasteiger partial charge in [0.15, 0.2) is 0 Å². The van der Waals surface area contributed by atoms with Crippen LogP contribution in [0.2, 0.25) is 0 Å². The van der Waals surface area contributed by atoms with E-state index in [1.54, 1.807) is 19.1 Å². The first-order chi connectivity index (χ1) is 7.20. The highest BCUT2D eigenvalue weighted by molar-refractivity contribution is 5.14. The van der Waals surface area contributed by atoms with Crippen molar-refractivity contribution < 1.29 is 4.39 Å². The van der Waals surface area contributed by atoms with E-state index in [0.717, 1.165) is 17.8 Å². The molecule has 2 unspecified atom stereocenters. The van der Waals surface area contributed by atoms with Crippen LogP contribution in [0.1, 0.15) is 12.5 Å². The zero-order valence-corrected chi connectivity index (χ0v) is 9.33. The van der Waals surface area contributed by atoms with E-state index >= 15 is 0 Å². The minimum atomic E-state index is -0.132. The van der Waals surface area contributed by atoms with Crippen molar-refractivity contribution in [1.82, 2.24) is 5.32 Å². The second kappa shape index (κ2) is 4.31. The van der Waals surface area contributed by atoms with Gasteiger partial charge in [-0.15, -0.1) is 0 Å². The van der Waals surface area contributed by atoms with Crippen LogP contribution in [-0.4, -0.2) is 13.1 Å². The van der Waals surface area contributed by atoms with E-state index in [9.17, 15) is 4.39 Å². The number of piperidine rings is 1. The quantitative estimate of drug-likeness (QED) is 0.689. The summed E-state index contributed by atoms with van der Waals surface area (Å²) in [6.45, 7) is 6.70. The van der Waals surface area contributed by atoms with E-state index in [1.165, 1.54) is 19.2 Å². The normalized spacial score (nSPS) is 31.5. The molecule has 2 fully saturated rings. The minimum Gasteiger partial charge on any atom is -0.316 e. The molecule has 0 radical (unpaired) electrons. The number of fused-ring (bicyclic) bond motifs is 1. The summed E-state index contributed by atoms with van der Waals surface area (Å²) in [5, 5.41) is 3.35. The molecule has 1 nitrogen and oxygen atoms in total. The average Bonchev–Trinajstić information content (AvgIpc) is 2.69. The number of halogens is 1. The third-order valence-electron chi connectivity index (χ3n) is 3.60. The van der Waals surface area contributed by atoms with Crippen LogP contribution < -0.4 is 5.32 Å². The maximum atomic E-state index is 12.3. The molecule has 0 spiro atoms. The van der Waals surface area contributed by atoms with Gasteiger partial charge in [0.1, 0.15) is 5.82 Å². The summed E-state index contributed by atoms with van der Waals surface area (Å²) >= 11 is 0. The van der Waals surface area contributed by atoms with Gasteiger partial charge in [-0.1, -0.05) is 25.1 Å². The molecule has 1 aliphatic carbocycles. The van der Waals surface area contributed by atoms with Crippen molar-refractivity contribution in [3.05, 3.63) is 35.6 Å². The highest BCUT2D eigenvalue weighted by atomic mass is 19.1. The molecule has 1 aromatic rings. The second-order valence-corrected chi connectivity index (χ2v) is 4.59. The Kier molecular flexibility index (Phi) is 3.06. The van der Waals surface area contributed by atoms with Crippen LogP contribution >= 0.6 is 0 Å². The summed E-state index contributed by atoms with van der Waals surface area (Å²) in [5.74, 6) is 3.06. The van der Waals surface area contributed by atoms with Crippen LogP contribution in [0.3, 0.4) is 0 Å². The Labute approximate surface area is 90.7 Å². The smallest absolute Gasteiger partial charge is 0.126 e. The monoisotopic (exact) mass is 207 g/mol. The van der Waals surface area contributed by atoms with Gasteiger partial charge in [0.05, 0.1) is 0 Å². The Balaban J connectivity index is 0.000000114. The molecule has 1 aromatic carbocycles. The maximum Gasteiger partial charge on any atom is 0.126 e. The fraction of sp³-hybridized carbons (Fsp3) is 0.538. The van der Waals surface area contributed by atoms with E-state index < -0.39 is 0 Å². The number of nitrogens with one attached hydrogen (secondary N) is 1. The van der Waals surface area contributed by atoms with E-state index in [1.807, 2.05) is 6.07 Å². The zero-order chi connectivity index (χ0) is 10.8. The summed E-state index contributed by atoms with van der Waals surface area (Å²) in [6.07, 6.45) is 0. The van der Waals surface area contributed by atoms with Crippen molar-refractivity contribution in [1.29, 1.82) is 0 Å². The number of rotatable bonds is 0. The first-order valence-corrected chi connectivity index (χ1v) is 5.62. The number of aryl methyl sites for hydroxylation is 1. The van der Waals surface area contributed by atoms with E-state index in [0.29, 0.717) is 5.56 Å². The van der Waals surface area contributed by atoms with Gasteiger partial charge in [-0.3, -0.25) is 0 Å². The van der Waals surface area contributed by atoms with Gasteiger partial charge < -0.3 is 5.32 Å². The predicted molar refractivity (Wildman–Crippen MR) is 60.2 cm³/mol. The van der Waals surface area contributed by atoms with Gasteiger partial charge in [0.2, 0.25) is 0 Å². The summed E-state index contributed by atoms with van der Waals surface area (Å²) in [4.78, 5) is 0. The third kappa shape index (κ3) is 2.37. The van der Waals surface area contributed by atoms with Crippen molar-refractivity contribution in [2.75, 3.05) is 13.1 Å². The van der Waals surface area contributed by atoms with Crippen LogP contribution in [0.15, 0.2) is 24.3 Å². The van der Waals surface area contributed by atoms with Crippen LogP contribution in [0.5, 0.6) is 0 Å². The molecule has 3 rings (SSSR count). The SMILES string of the molecule is CC1C2CNCC12.Cc1ccccc1F. The maximum absolute atomic E-state index is 12.3. The van der Waals surface area contributed by atoms with Gasteiger partial charge in [-0.2, -0.15) is 0 Å². The largest absolute Gasteiger partial charge is 0.316 e. The Morgan fingerprint density at radius 1 is 1.20 bits per heavy atom. The molecular weight excluding hydrogens is 189 g/mol. The number of hydrogen-bond donors (Lipinski definition) is 1. The van der Waals surface area contributed by atoms with E-state index in [4.69, 9.17) is 0 Å². The third-order valence-corrected chi connectivity index (χ3v) is 3.60. The van der Waals surface area contributed by atoms with Crippen LogP contribution in [0, 0.1) is 30.5 Å². The fourth-order valence-corrected chi connectivity index (χ4v) is 2.28. The Morgan fingerprint density at radius 3 is 2.13 bits per heavy atom. The fourth-order valence-electron chi connectivity index (χ4n) is 2.28. The second-order valence-electron chi connectivity index (χ2n) is 4.59. The molecule has 1 saturated carbocycles. The lowest BCUT2D eigenvalue weighted by Gasteiger charge is -1.93. The topological polar surface area (TPSA) is 12.0 Å². The first-order valence-electron chi connectivity index (χ1n) is 5.62. The molecule has 82 valence electrons. The summed E-state index contributed by atoms with van der Waals surface area (Å²) in [7, 11) is 0. The standard InChI is InChI=1S/C7H7F.C6H11N/c1-6-4-2-3-5-7(6)8;1-4-5-2-7-3-6(4)5/h2-5H,1H3;4-7H,2-3H2,1H3. The molecule has 15 heavy (non-hydrogen) atoms. The first kappa shape index (κ1) is 10.6. The van der Waals surface area contributed by atoms with Crippen molar-refractivity contribution in [3.8, 4) is 0 Å². The van der Waals surface area contributed by atoms with Crippen molar-refractivity contribution >= 4 is 0 Å².